The molecule has 0 bridgehead atoms. The second-order valence-electron chi connectivity index (χ2n) is 5.87. The summed E-state index contributed by atoms with van der Waals surface area (Å²) in [5.41, 5.74) is 2.86. The first kappa shape index (κ1) is 17.6. The van der Waals surface area contributed by atoms with E-state index in [1.165, 1.54) is 11.6 Å². The smallest absolute Gasteiger partial charge is 0.270 e. The van der Waals surface area contributed by atoms with Crippen molar-refractivity contribution in [3.05, 3.63) is 95.6 Å². The van der Waals surface area contributed by atoms with Crippen molar-refractivity contribution in [2.24, 2.45) is 0 Å². The van der Waals surface area contributed by atoms with Crippen molar-refractivity contribution in [2.45, 2.75) is 13.0 Å². The number of anilines is 1. The fourth-order valence-corrected chi connectivity index (χ4v) is 2.54. The van der Waals surface area contributed by atoms with Crippen LogP contribution in [0.1, 0.15) is 21.6 Å². The highest BCUT2D eigenvalue weighted by atomic mass is 19.1. The number of nitrogens with zero attached hydrogens (tertiary/aromatic N) is 1. The Morgan fingerprint density at radius 3 is 2.46 bits per heavy atom. The number of nitrogens with one attached hydrogen (secondary N) is 2. The van der Waals surface area contributed by atoms with E-state index in [1.54, 1.807) is 30.5 Å². The standard InChI is InChI=1S/C21H20FN3O/c22-19-9-5-4-8-17(19)14-25-21(26)20-11-10-18(15-24-20)23-13-12-16-6-2-1-3-7-16/h1-11,15,23H,12-14H2,(H,25,26). The summed E-state index contributed by atoms with van der Waals surface area (Å²) in [6.07, 6.45) is 2.54. The number of halogens is 1. The van der Waals surface area contributed by atoms with Gasteiger partial charge in [-0.2, -0.15) is 0 Å². The molecule has 3 aromatic rings. The molecule has 26 heavy (non-hydrogen) atoms. The Balaban J connectivity index is 1.49. The summed E-state index contributed by atoms with van der Waals surface area (Å²) >= 11 is 0. The van der Waals surface area contributed by atoms with Crippen molar-refractivity contribution in [1.29, 1.82) is 0 Å². The number of rotatable bonds is 7. The zero-order chi connectivity index (χ0) is 18.2. The molecule has 0 aliphatic rings. The number of hydrogen-bond donors (Lipinski definition) is 2. The summed E-state index contributed by atoms with van der Waals surface area (Å²) in [4.78, 5) is 16.3. The molecule has 0 radical (unpaired) electrons. The lowest BCUT2D eigenvalue weighted by Crippen LogP contribution is -2.24. The van der Waals surface area contributed by atoms with Crippen LogP contribution in [0.2, 0.25) is 0 Å². The number of amides is 1. The van der Waals surface area contributed by atoms with E-state index in [-0.39, 0.29) is 18.3 Å². The predicted octanol–water partition coefficient (Wildman–Crippen LogP) is 3.81. The van der Waals surface area contributed by atoms with Gasteiger partial charge in [-0.1, -0.05) is 48.5 Å². The van der Waals surface area contributed by atoms with Gasteiger partial charge in [0.1, 0.15) is 11.5 Å². The molecule has 0 saturated carbocycles. The summed E-state index contributed by atoms with van der Waals surface area (Å²) < 4.78 is 13.6. The molecule has 1 heterocycles. The molecule has 0 saturated heterocycles. The molecule has 132 valence electrons. The van der Waals surface area contributed by atoms with Gasteiger partial charge >= 0.3 is 0 Å². The third-order valence-electron chi connectivity index (χ3n) is 3.98. The van der Waals surface area contributed by atoms with Crippen LogP contribution in [-0.2, 0) is 13.0 Å². The van der Waals surface area contributed by atoms with Crippen molar-refractivity contribution < 1.29 is 9.18 Å². The molecule has 0 unspecified atom stereocenters. The first-order chi connectivity index (χ1) is 12.7. The zero-order valence-electron chi connectivity index (χ0n) is 14.3. The number of carbonyl (C=O) groups excluding carboxylic acids is 1. The van der Waals surface area contributed by atoms with Crippen molar-refractivity contribution >= 4 is 11.6 Å². The number of pyridine rings is 1. The molecule has 5 heteroatoms. The van der Waals surface area contributed by atoms with E-state index in [9.17, 15) is 9.18 Å². The van der Waals surface area contributed by atoms with Gasteiger partial charge in [-0.25, -0.2) is 9.37 Å². The SMILES string of the molecule is O=C(NCc1ccccc1F)c1ccc(NCCc2ccccc2)cn1. The molecule has 1 aromatic heterocycles. The summed E-state index contributed by atoms with van der Waals surface area (Å²) in [6.45, 7) is 0.911. The Morgan fingerprint density at radius 1 is 0.962 bits per heavy atom. The van der Waals surface area contributed by atoms with Crippen LogP contribution in [0, 0.1) is 5.82 Å². The highest BCUT2D eigenvalue weighted by Gasteiger charge is 2.08. The molecule has 2 aromatic carbocycles. The average Bonchev–Trinajstić information content (AvgIpc) is 2.68. The Hall–Kier alpha value is -3.21. The predicted molar refractivity (Wildman–Crippen MR) is 100 cm³/mol. The van der Waals surface area contributed by atoms with E-state index >= 15 is 0 Å². The Morgan fingerprint density at radius 2 is 1.73 bits per heavy atom. The fraction of sp³-hybridized carbons (Fsp3) is 0.143. The maximum atomic E-state index is 13.6. The zero-order valence-corrected chi connectivity index (χ0v) is 14.3. The molecule has 1 amide bonds. The largest absolute Gasteiger partial charge is 0.383 e. The van der Waals surface area contributed by atoms with Crippen LogP contribution in [0.3, 0.4) is 0 Å². The Bertz CT molecular complexity index is 851. The van der Waals surface area contributed by atoms with E-state index in [0.29, 0.717) is 11.3 Å². The highest BCUT2D eigenvalue weighted by molar-refractivity contribution is 5.92. The normalized spacial score (nSPS) is 10.3. The van der Waals surface area contributed by atoms with Gasteiger partial charge in [0.25, 0.3) is 5.91 Å². The van der Waals surface area contributed by atoms with E-state index in [2.05, 4.69) is 27.8 Å². The first-order valence-corrected chi connectivity index (χ1v) is 8.48. The van der Waals surface area contributed by atoms with Gasteiger partial charge in [-0.15, -0.1) is 0 Å². The maximum Gasteiger partial charge on any atom is 0.270 e. The summed E-state index contributed by atoms with van der Waals surface area (Å²) in [5, 5.41) is 5.96. The number of hydrogen-bond acceptors (Lipinski definition) is 3. The van der Waals surface area contributed by atoms with E-state index in [4.69, 9.17) is 0 Å². The second-order valence-corrected chi connectivity index (χ2v) is 5.87. The molecule has 3 rings (SSSR count). The topological polar surface area (TPSA) is 54.0 Å². The molecule has 0 atom stereocenters. The molecular formula is C21H20FN3O. The van der Waals surface area contributed by atoms with E-state index < -0.39 is 0 Å². The van der Waals surface area contributed by atoms with Crippen LogP contribution in [-0.4, -0.2) is 17.4 Å². The summed E-state index contributed by atoms with van der Waals surface area (Å²) in [7, 11) is 0. The molecule has 4 nitrogen and oxygen atoms in total. The second kappa shape index (κ2) is 8.76. The van der Waals surface area contributed by atoms with Crippen molar-refractivity contribution in [2.75, 3.05) is 11.9 Å². The van der Waals surface area contributed by atoms with Crippen LogP contribution in [0.4, 0.5) is 10.1 Å². The Labute approximate surface area is 152 Å². The minimum absolute atomic E-state index is 0.129. The lowest BCUT2D eigenvalue weighted by Gasteiger charge is -2.08. The van der Waals surface area contributed by atoms with Crippen molar-refractivity contribution in [1.82, 2.24) is 10.3 Å². The van der Waals surface area contributed by atoms with Crippen LogP contribution >= 0.6 is 0 Å². The third kappa shape index (κ3) is 4.89. The fourth-order valence-electron chi connectivity index (χ4n) is 2.54. The molecule has 0 fully saturated rings. The Kier molecular flexibility index (Phi) is 5.93. The van der Waals surface area contributed by atoms with Gasteiger partial charge in [0.2, 0.25) is 0 Å². The maximum absolute atomic E-state index is 13.6. The third-order valence-corrected chi connectivity index (χ3v) is 3.98. The first-order valence-electron chi connectivity index (χ1n) is 8.48. The van der Waals surface area contributed by atoms with Crippen LogP contribution in [0.15, 0.2) is 72.9 Å². The molecule has 2 N–H and O–H groups in total. The van der Waals surface area contributed by atoms with Crippen molar-refractivity contribution in [3.63, 3.8) is 0 Å². The van der Waals surface area contributed by atoms with Crippen LogP contribution in [0.5, 0.6) is 0 Å². The van der Waals surface area contributed by atoms with E-state index in [1.807, 2.05) is 24.3 Å². The average molecular weight is 349 g/mol. The van der Waals surface area contributed by atoms with Gasteiger partial charge in [-0.3, -0.25) is 4.79 Å². The monoisotopic (exact) mass is 349 g/mol. The van der Waals surface area contributed by atoms with E-state index in [0.717, 1.165) is 18.7 Å². The van der Waals surface area contributed by atoms with Gasteiger partial charge in [-0.05, 0) is 30.2 Å². The number of aromatic nitrogens is 1. The molecule has 0 aliphatic heterocycles. The summed E-state index contributed by atoms with van der Waals surface area (Å²) in [5.74, 6) is -0.664. The quantitative estimate of drug-likeness (QED) is 0.682. The van der Waals surface area contributed by atoms with Gasteiger partial charge in [0.05, 0.1) is 11.9 Å². The lowest BCUT2D eigenvalue weighted by molar-refractivity contribution is 0.0945. The number of benzene rings is 2. The van der Waals surface area contributed by atoms with Gasteiger partial charge in [0, 0.05) is 18.7 Å². The lowest BCUT2D eigenvalue weighted by atomic mass is 10.1. The van der Waals surface area contributed by atoms with Gasteiger partial charge in [0.15, 0.2) is 0 Å². The highest BCUT2D eigenvalue weighted by Crippen LogP contribution is 2.09. The van der Waals surface area contributed by atoms with Crippen LogP contribution < -0.4 is 10.6 Å². The summed E-state index contributed by atoms with van der Waals surface area (Å²) in [6, 6.07) is 20.0. The minimum atomic E-state index is -0.335. The van der Waals surface area contributed by atoms with Crippen molar-refractivity contribution in [3.8, 4) is 0 Å². The molecule has 0 spiro atoms. The minimum Gasteiger partial charge on any atom is -0.383 e. The molecule has 0 aliphatic carbocycles. The van der Waals surface area contributed by atoms with Crippen LogP contribution in [0.25, 0.3) is 0 Å². The number of carbonyl (C=O) groups is 1. The molecular weight excluding hydrogens is 329 g/mol. The van der Waals surface area contributed by atoms with Gasteiger partial charge < -0.3 is 10.6 Å².